The number of methoxy groups -OCH3 is 1. The molecule has 0 saturated carbocycles. The molecule has 1 heterocycles. The summed E-state index contributed by atoms with van der Waals surface area (Å²) in [6.07, 6.45) is 0. The van der Waals surface area contributed by atoms with Crippen molar-refractivity contribution in [3.8, 4) is 22.9 Å². The van der Waals surface area contributed by atoms with Crippen molar-refractivity contribution in [3.05, 3.63) is 88.9 Å². The summed E-state index contributed by atoms with van der Waals surface area (Å²) in [5, 5.41) is 20.3. The number of hydrogen-bond acceptors (Lipinski definition) is 4. The van der Waals surface area contributed by atoms with Crippen molar-refractivity contribution in [1.82, 2.24) is 4.90 Å². The highest BCUT2D eigenvalue weighted by Gasteiger charge is 2.53. The summed E-state index contributed by atoms with van der Waals surface area (Å²) in [6.45, 7) is 1.68. The number of nitriles is 1. The summed E-state index contributed by atoms with van der Waals surface area (Å²) in [7, 11) is 1.52. The largest absolute Gasteiger partial charge is 0.496 e. The number of carboxylic acid groups (broad SMARTS) is 1. The van der Waals surface area contributed by atoms with Crippen molar-refractivity contribution < 1.29 is 19.4 Å². The molecule has 3 aromatic carbocycles. The lowest BCUT2D eigenvalue weighted by atomic mass is 9.87. The number of nitrogens with zero attached hydrogens (tertiary/aromatic N) is 2. The molecule has 1 N–H and O–H groups in total. The van der Waals surface area contributed by atoms with E-state index in [9.17, 15) is 20.0 Å². The first-order chi connectivity index (χ1) is 16.4. The summed E-state index contributed by atoms with van der Waals surface area (Å²) in [5.74, 6) is -2.51. The lowest BCUT2D eigenvalue weighted by Crippen LogP contribution is -2.43. The van der Waals surface area contributed by atoms with Gasteiger partial charge in [0.05, 0.1) is 25.1 Å². The first-order valence-electron chi connectivity index (χ1n) is 10.8. The Balaban J connectivity index is 1.83. The van der Waals surface area contributed by atoms with Crippen molar-refractivity contribution in [1.29, 1.82) is 5.26 Å². The molecule has 1 saturated heterocycles. The Hall–Kier alpha value is -3.82. The van der Waals surface area contributed by atoms with E-state index in [1.54, 1.807) is 49.4 Å². The van der Waals surface area contributed by atoms with Crippen LogP contribution in [0.3, 0.4) is 0 Å². The fourth-order valence-corrected chi connectivity index (χ4v) is 5.00. The number of rotatable bonds is 5. The summed E-state index contributed by atoms with van der Waals surface area (Å²) >= 11 is 6.44. The van der Waals surface area contributed by atoms with Crippen LogP contribution >= 0.6 is 11.6 Å². The molecule has 2 unspecified atom stereocenters. The number of carbonyl (C=O) groups is 2. The number of likely N-dealkylation sites (tertiary alicyclic amines) is 1. The third-order valence-electron chi connectivity index (χ3n) is 6.40. The van der Waals surface area contributed by atoms with E-state index in [2.05, 4.69) is 6.07 Å². The maximum absolute atomic E-state index is 13.8. The maximum Gasteiger partial charge on any atom is 0.326 e. The second-order valence-corrected chi connectivity index (χ2v) is 8.66. The van der Waals surface area contributed by atoms with E-state index >= 15 is 0 Å². The summed E-state index contributed by atoms with van der Waals surface area (Å²) in [4.78, 5) is 27.4. The Bertz CT molecular complexity index is 1270. The highest BCUT2D eigenvalue weighted by atomic mass is 35.5. The number of hydrogen-bond donors (Lipinski definition) is 1. The van der Waals surface area contributed by atoms with Crippen LogP contribution in [0.15, 0.2) is 72.8 Å². The van der Waals surface area contributed by atoms with Crippen LogP contribution in [-0.2, 0) is 4.79 Å². The van der Waals surface area contributed by atoms with Crippen LogP contribution in [0.5, 0.6) is 5.75 Å². The molecule has 6 nitrogen and oxygen atoms in total. The van der Waals surface area contributed by atoms with Gasteiger partial charge in [0.15, 0.2) is 0 Å². The number of carbonyl (C=O) groups excluding carboxylic acids is 1. The zero-order chi connectivity index (χ0) is 24.4. The molecule has 3 aromatic rings. The molecule has 0 spiro atoms. The van der Waals surface area contributed by atoms with Crippen LogP contribution in [-0.4, -0.2) is 35.0 Å². The molecule has 0 radical (unpaired) electrons. The van der Waals surface area contributed by atoms with Gasteiger partial charge in [-0.2, -0.15) is 5.26 Å². The second-order valence-electron chi connectivity index (χ2n) is 8.26. The summed E-state index contributed by atoms with van der Waals surface area (Å²) < 4.78 is 5.56. The Morgan fingerprint density at radius 2 is 1.74 bits per heavy atom. The smallest absolute Gasteiger partial charge is 0.326 e. The van der Waals surface area contributed by atoms with Crippen LogP contribution in [0.4, 0.5) is 0 Å². The average molecular weight is 475 g/mol. The highest BCUT2D eigenvalue weighted by Crippen LogP contribution is 2.47. The van der Waals surface area contributed by atoms with E-state index in [-0.39, 0.29) is 5.56 Å². The van der Waals surface area contributed by atoms with Gasteiger partial charge >= 0.3 is 5.97 Å². The molecular weight excluding hydrogens is 452 g/mol. The molecule has 1 fully saturated rings. The third-order valence-corrected chi connectivity index (χ3v) is 6.74. The van der Waals surface area contributed by atoms with Crippen molar-refractivity contribution in [2.75, 3.05) is 7.11 Å². The van der Waals surface area contributed by atoms with Crippen molar-refractivity contribution in [2.24, 2.45) is 11.8 Å². The normalized spacial score (nSPS) is 21.6. The number of carboxylic acids is 1. The minimum atomic E-state index is -1.18. The van der Waals surface area contributed by atoms with Crippen LogP contribution in [0.1, 0.15) is 28.9 Å². The maximum atomic E-state index is 13.8. The first kappa shape index (κ1) is 23.3. The van der Waals surface area contributed by atoms with E-state index in [0.29, 0.717) is 16.3 Å². The molecule has 4 rings (SSSR count). The zero-order valence-corrected chi connectivity index (χ0v) is 19.4. The molecule has 0 aliphatic carbocycles. The Labute approximate surface area is 203 Å². The molecule has 1 aliphatic heterocycles. The fraction of sp³-hybridized carbons (Fsp3) is 0.222. The van der Waals surface area contributed by atoms with Crippen molar-refractivity contribution in [3.63, 3.8) is 0 Å². The van der Waals surface area contributed by atoms with E-state index in [0.717, 1.165) is 11.1 Å². The molecule has 172 valence electrons. The monoisotopic (exact) mass is 474 g/mol. The van der Waals surface area contributed by atoms with Gasteiger partial charge < -0.3 is 14.7 Å². The average Bonchev–Trinajstić information content (AvgIpc) is 3.15. The highest BCUT2D eigenvalue weighted by molar-refractivity contribution is 6.31. The van der Waals surface area contributed by atoms with Gasteiger partial charge in [0.25, 0.3) is 5.91 Å². The fourth-order valence-electron chi connectivity index (χ4n) is 4.76. The summed E-state index contributed by atoms with van der Waals surface area (Å²) in [6, 6.07) is 21.8. The van der Waals surface area contributed by atoms with Gasteiger partial charge in [-0.1, -0.05) is 67.1 Å². The van der Waals surface area contributed by atoms with Crippen molar-refractivity contribution >= 4 is 23.5 Å². The predicted octanol–water partition coefficient (Wildman–Crippen LogP) is 5.44. The van der Waals surface area contributed by atoms with Crippen LogP contribution in [0.25, 0.3) is 11.1 Å². The molecule has 0 bridgehead atoms. The standard InChI is InChI=1S/C27H23ClN2O4/c1-16-21(15-29)25(20-10-6-7-11-22(20)28)30(24(16)27(32)33)26(31)18-12-13-19(23(14-18)34-2)17-8-4-3-5-9-17/h3-14,16,21,24-25H,1-2H3,(H,32,33)/t16?,21?,24-,25-/m0/s1. The predicted molar refractivity (Wildman–Crippen MR) is 128 cm³/mol. The lowest BCUT2D eigenvalue weighted by Gasteiger charge is -2.30. The molecule has 34 heavy (non-hydrogen) atoms. The lowest BCUT2D eigenvalue weighted by molar-refractivity contribution is -0.142. The van der Waals surface area contributed by atoms with Gasteiger partial charge in [-0.05, 0) is 35.4 Å². The Morgan fingerprint density at radius 1 is 1.06 bits per heavy atom. The van der Waals surface area contributed by atoms with Crippen molar-refractivity contribution in [2.45, 2.75) is 19.0 Å². The molecular formula is C27H23ClN2O4. The topological polar surface area (TPSA) is 90.6 Å². The number of halogens is 1. The van der Waals surface area contributed by atoms with Crippen LogP contribution in [0, 0.1) is 23.2 Å². The quantitative estimate of drug-likeness (QED) is 0.531. The van der Waals surface area contributed by atoms with E-state index < -0.39 is 35.8 Å². The zero-order valence-electron chi connectivity index (χ0n) is 18.7. The van der Waals surface area contributed by atoms with E-state index in [4.69, 9.17) is 16.3 Å². The Kier molecular flexibility index (Phi) is 6.58. The molecule has 0 aromatic heterocycles. The van der Waals surface area contributed by atoms with Gasteiger partial charge in [-0.25, -0.2) is 4.79 Å². The van der Waals surface area contributed by atoms with Crippen LogP contribution in [0.2, 0.25) is 5.02 Å². The third kappa shape index (κ3) is 4.00. The minimum absolute atomic E-state index is 0.269. The SMILES string of the molecule is COc1cc(C(=O)N2[C@H](C(=O)O)C(C)C(C#N)[C@@H]2c2ccccc2Cl)ccc1-c1ccccc1. The van der Waals surface area contributed by atoms with Gasteiger partial charge in [-0.3, -0.25) is 4.79 Å². The van der Waals surface area contributed by atoms with E-state index in [1.807, 2.05) is 30.3 Å². The number of amides is 1. The van der Waals surface area contributed by atoms with E-state index in [1.165, 1.54) is 12.0 Å². The molecule has 1 amide bonds. The van der Waals surface area contributed by atoms with Gasteiger partial charge in [0.1, 0.15) is 11.8 Å². The number of ether oxygens (including phenoxy) is 1. The molecule has 1 aliphatic rings. The van der Waals surface area contributed by atoms with Gasteiger partial charge in [-0.15, -0.1) is 0 Å². The Morgan fingerprint density at radius 3 is 2.35 bits per heavy atom. The molecule has 7 heteroatoms. The number of benzene rings is 3. The first-order valence-corrected chi connectivity index (χ1v) is 11.2. The second kappa shape index (κ2) is 9.58. The van der Waals surface area contributed by atoms with Gasteiger partial charge in [0.2, 0.25) is 0 Å². The molecule has 4 atom stereocenters. The minimum Gasteiger partial charge on any atom is -0.496 e. The number of aliphatic carboxylic acids is 1. The summed E-state index contributed by atoms with van der Waals surface area (Å²) in [5.41, 5.74) is 2.55. The van der Waals surface area contributed by atoms with Gasteiger partial charge in [0, 0.05) is 22.1 Å². The van der Waals surface area contributed by atoms with Crippen LogP contribution < -0.4 is 4.74 Å².